The second-order valence-electron chi connectivity index (χ2n) is 5.84. The molecule has 2 N–H and O–H groups in total. The van der Waals surface area contributed by atoms with E-state index in [1.807, 2.05) is 0 Å². The molecule has 3 rings (SSSR count). The van der Waals surface area contributed by atoms with Gasteiger partial charge < -0.3 is 15.2 Å². The molecule has 1 heterocycles. The molecule has 3 aliphatic rings. The maximum absolute atomic E-state index is 11.9. The molecule has 5 heteroatoms. The average Bonchev–Trinajstić information content (AvgIpc) is 2.93. The van der Waals surface area contributed by atoms with Crippen LogP contribution in [0.2, 0.25) is 0 Å². The van der Waals surface area contributed by atoms with Gasteiger partial charge >= 0.3 is 5.97 Å². The first-order valence-corrected chi connectivity index (χ1v) is 6.76. The fourth-order valence-corrected chi connectivity index (χ4v) is 3.64. The lowest BCUT2D eigenvalue weighted by molar-refractivity contribution is -0.141. The predicted octanol–water partition coefficient (Wildman–Crippen LogP) is 0.638. The number of hydrogen-bond donors (Lipinski definition) is 2. The van der Waals surface area contributed by atoms with E-state index < -0.39 is 5.97 Å². The highest BCUT2D eigenvalue weighted by Gasteiger charge is 2.50. The van der Waals surface area contributed by atoms with Crippen LogP contribution in [0.3, 0.4) is 0 Å². The van der Waals surface area contributed by atoms with Crippen LogP contribution in [-0.4, -0.2) is 36.2 Å². The van der Waals surface area contributed by atoms with Crippen molar-refractivity contribution in [3.05, 3.63) is 0 Å². The third kappa shape index (κ3) is 2.00. The summed E-state index contributed by atoms with van der Waals surface area (Å²) >= 11 is 0. The van der Waals surface area contributed by atoms with Gasteiger partial charge in [-0.2, -0.15) is 0 Å². The molecule has 0 aromatic carbocycles. The third-order valence-electron chi connectivity index (χ3n) is 4.80. The van der Waals surface area contributed by atoms with Crippen molar-refractivity contribution in [3.8, 4) is 0 Å². The number of carboxylic acid groups (broad SMARTS) is 1. The average molecular weight is 253 g/mol. The van der Waals surface area contributed by atoms with Gasteiger partial charge in [0.05, 0.1) is 18.4 Å². The van der Waals surface area contributed by atoms with Crippen molar-refractivity contribution in [1.29, 1.82) is 0 Å². The Balaban J connectivity index is 1.51. The van der Waals surface area contributed by atoms with Crippen LogP contribution in [0.25, 0.3) is 0 Å². The van der Waals surface area contributed by atoms with Gasteiger partial charge in [0.2, 0.25) is 5.91 Å². The van der Waals surface area contributed by atoms with E-state index >= 15 is 0 Å². The van der Waals surface area contributed by atoms with Crippen LogP contribution in [-0.2, 0) is 14.3 Å². The molecule has 5 nitrogen and oxygen atoms in total. The van der Waals surface area contributed by atoms with Crippen molar-refractivity contribution >= 4 is 11.9 Å². The quantitative estimate of drug-likeness (QED) is 0.774. The van der Waals surface area contributed by atoms with Crippen LogP contribution < -0.4 is 5.32 Å². The Hall–Kier alpha value is -1.10. The molecule has 0 aromatic rings. The highest BCUT2D eigenvalue weighted by molar-refractivity contribution is 5.79. The maximum Gasteiger partial charge on any atom is 0.306 e. The molecule has 1 aliphatic heterocycles. The minimum atomic E-state index is -0.682. The van der Waals surface area contributed by atoms with Crippen LogP contribution in [0.15, 0.2) is 0 Å². The molecule has 1 unspecified atom stereocenters. The van der Waals surface area contributed by atoms with Gasteiger partial charge in [0.15, 0.2) is 0 Å². The normalized spacial score (nSPS) is 42.1. The van der Waals surface area contributed by atoms with E-state index in [-0.39, 0.29) is 23.8 Å². The number of ether oxygens (including phenoxy) is 1. The molecular formula is C13H19NO4. The molecule has 5 atom stereocenters. The molecule has 1 saturated heterocycles. The molecular weight excluding hydrogens is 234 g/mol. The topological polar surface area (TPSA) is 75.6 Å². The number of amides is 1. The van der Waals surface area contributed by atoms with Crippen LogP contribution in [0.4, 0.5) is 0 Å². The molecule has 18 heavy (non-hydrogen) atoms. The highest BCUT2D eigenvalue weighted by atomic mass is 16.5. The van der Waals surface area contributed by atoms with Crippen molar-refractivity contribution in [2.24, 2.45) is 23.7 Å². The van der Waals surface area contributed by atoms with Gasteiger partial charge in [-0.1, -0.05) is 0 Å². The lowest BCUT2D eigenvalue weighted by Crippen LogP contribution is -2.51. The van der Waals surface area contributed by atoms with E-state index in [1.165, 1.54) is 0 Å². The lowest BCUT2D eigenvalue weighted by Gasteiger charge is -2.41. The zero-order valence-corrected chi connectivity index (χ0v) is 10.3. The van der Waals surface area contributed by atoms with Gasteiger partial charge in [-0.05, 0) is 37.5 Å². The highest BCUT2D eigenvalue weighted by Crippen LogP contribution is 2.49. The standard InChI is InChI=1S/C13H19NO4/c15-12(7-1-2-18-6-7)14-11-5-8-3-9(13(16)17)4-10(8)11/h7-11H,1-6H2,(H,14,15)(H,16,17)/t7-,8-,9?,10-,11-/m1/s1. The number of carboxylic acids is 1. The van der Waals surface area contributed by atoms with E-state index in [0.29, 0.717) is 25.0 Å². The number of aliphatic carboxylic acids is 1. The van der Waals surface area contributed by atoms with Crippen LogP contribution >= 0.6 is 0 Å². The second kappa shape index (κ2) is 4.53. The van der Waals surface area contributed by atoms with Crippen molar-refractivity contribution in [2.75, 3.05) is 13.2 Å². The molecule has 0 radical (unpaired) electrons. The summed E-state index contributed by atoms with van der Waals surface area (Å²) in [5.74, 6) is 0.111. The monoisotopic (exact) mass is 253 g/mol. The Bertz CT molecular complexity index is 364. The zero-order valence-electron chi connectivity index (χ0n) is 10.3. The van der Waals surface area contributed by atoms with Gasteiger partial charge in [-0.3, -0.25) is 9.59 Å². The number of rotatable bonds is 3. The van der Waals surface area contributed by atoms with Gasteiger partial charge in [0, 0.05) is 12.6 Å². The Morgan fingerprint density at radius 2 is 2.00 bits per heavy atom. The van der Waals surface area contributed by atoms with E-state index in [9.17, 15) is 9.59 Å². The Kier molecular flexibility index (Phi) is 3.01. The summed E-state index contributed by atoms with van der Waals surface area (Å²) < 4.78 is 5.21. The molecule has 2 aliphatic carbocycles. The Morgan fingerprint density at radius 3 is 2.67 bits per heavy atom. The fraction of sp³-hybridized carbons (Fsp3) is 0.846. The van der Waals surface area contributed by atoms with Crippen LogP contribution in [0.1, 0.15) is 25.7 Å². The van der Waals surface area contributed by atoms with E-state index in [0.717, 1.165) is 25.7 Å². The summed E-state index contributed by atoms with van der Waals surface area (Å²) in [6.07, 6.45) is 3.28. The number of hydrogen-bond acceptors (Lipinski definition) is 3. The van der Waals surface area contributed by atoms with E-state index in [4.69, 9.17) is 9.84 Å². The molecule has 100 valence electrons. The number of carbonyl (C=O) groups excluding carboxylic acids is 1. The summed E-state index contributed by atoms with van der Waals surface area (Å²) in [4.78, 5) is 22.9. The van der Waals surface area contributed by atoms with Crippen molar-refractivity contribution < 1.29 is 19.4 Å². The Labute approximate surface area is 106 Å². The molecule has 0 bridgehead atoms. The number of carbonyl (C=O) groups is 2. The van der Waals surface area contributed by atoms with Crippen molar-refractivity contribution in [1.82, 2.24) is 5.32 Å². The van der Waals surface area contributed by atoms with E-state index in [1.54, 1.807) is 0 Å². The summed E-state index contributed by atoms with van der Waals surface area (Å²) in [6, 6.07) is 0.201. The van der Waals surface area contributed by atoms with Gasteiger partial charge in [-0.25, -0.2) is 0 Å². The lowest BCUT2D eigenvalue weighted by atomic mass is 9.71. The SMILES string of the molecule is O=C(O)C1C[C@@H]2C[C@@H](NC(=O)[C@@H]3CCOC3)[C@@H]2C1. The summed E-state index contributed by atoms with van der Waals surface area (Å²) in [5, 5.41) is 12.1. The Morgan fingerprint density at radius 1 is 1.17 bits per heavy atom. The largest absolute Gasteiger partial charge is 0.481 e. The first-order chi connectivity index (χ1) is 8.65. The first kappa shape index (κ1) is 12.0. The summed E-state index contributed by atoms with van der Waals surface area (Å²) in [7, 11) is 0. The van der Waals surface area contributed by atoms with Crippen LogP contribution in [0.5, 0.6) is 0 Å². The number of nitrogens with one attached hydrogen (secondary N) is 1. The second-order valence-corrected chi connectivity index (χ2v) is 5.84. The summed E-state index contributed by atoms with van der Waals surface area (Å²) in [5.41, 5.74) is 0. The molecule has 0 aromatic heterocycles. The minimum Gasteiger partial charge on any atom is -0.481 e. The minimum absolute atomic E-state index is 0.000670. The van der Waals surface area contributed by atoms with Gasteiger partial charge in [-0.15, -0.1) is 0 Å². The van der Waals surface area contributed by atoms with Crippen LogP contribution in [0, 0.1) is 23.7 Å². The fourth-order valence-electron chi connectivity index (χ4n) is 3.64. The molecule has 2 saturated carbocycles. The first-order valence-electron chi connectivity index (χ1n) is 6.76. The van der Waals surface area contributed by atoms with E-state index in [2.05, 4.69) is 5.32 Å². The molecule has 3 fully saturated rings. The van der Waals surface area contributed by atoms with Crippen molar-refractivity contribution in [3.63, 3.8) is 0 Å². The third-order valence-corrected chi connectivity index (χ3v) is 4.80. The van der Waals surface area contributed by atoms with Gasteiger partial charge in [0.25, 0.3) is 0 Å². The molecule has 1 amide bonds. The predicted molar refractivity (Wildman–Crippen MR) is 62.8 cm³/mol. The molecule has 0 spiro atoms. The number of fused-ring (bicyclic) bond motifs is 1. The zero-order chi connectivity index (χ0) is 12.7. The summed E-state index contributed by atoms with van der Waals surface area (Å²) in [6.45, 7) is 1.21. The smallest absolute Gasteiger partial charge is 0.306 e. The maximum atomic E-state index is 11.9. The van der Waals surface area contributed by atoms with Gasteiger partial charge in [0.1, 0.15) is 0 Å². The van der Waals surface area contributed by atoms with Crippen molar-refractivity contribution in [2.45, 2.75) is 31.7 Å².